The van der Waals surface area contributed by atoms with Gasteiger partial charge in [0.1, 0.15) is 6.61 Å². The molecule has 1 aromatic carbocycles. The van der Waals surface area contributed by atoms with E-state index < -0.39 is 12.2 Å². The number of aliphatic hydroxyl groups is 1. The Morgan fingerprint density at radius 1 is 1.33 bits per heavy atom. The number of nitriles is 1. The van der Waals surface area contributed by atoms with Crippen LogP contribution >= 0.6 is 0 Å². The van der Waals surface area contributed by atoms with E-state index in [1.54, 1.807) is 0 Å². The molecule has 1 amide bonds. The van der Waals surface area contributed by atoms with Gasteiger partial charge in [-0.3, -0.25) is 0 Å². The predicted molar refractivity (Wildman–Crippen MR) is 92.1 cm³/mol. The number of hydrogen-bond acceptors (Lipinski definition) is 5. The van der Waals surface area contributed by atoms with Crippen LogP contribution in [0.15, 0.2) is 30.3 Å². The lowest BCUT2D eigenvalue weighted by molar-refractivity contribution is 0.124. The van der Waals surface area contributed by atoms with Gasteiger partial charge in [-0.2, -0.15) is 5.26 Å². The molecule has 0 aromatic heterocycles. The zero-order chi connectivity index (χ0) is 17.8. The molecule has 1 unspecified atom stereocenters. The smallest absolute Gasteiger partial charge is 0.407 e. The third-order valence-electron chi connectivity index (χ3n) is 3.59. The van der Waals surface area contributed by atoms with Crippen molar-refractivity contribution in [2.45, 2.75) is 39.4 Å². The lowest BCUT2D eigenvalue weighted by Gasteiger charge is -2.24. The van der Waals surface area contributed by atoms with Crippen molar-refractivity contribution < 1.29 is 14.6 Å². The molecule has 6 nitrogen and oxygen atoms in total. The minimum atomic E-state index is -0.693. The highest BCUT2D eigenvalue weighted by molar-refractivity contribution is 5.67. The minimum Gasteiger partial charge on any atom is -0.445 e. The summed E-state index contributed by atoms with van der Waals surface area (Å²) in [7, 11) is 0. The molecule has 0 bridgehead atoms. The molecular formula is C18H27N3O3. The molecule has 1 atom stereocenters. The first-order valence-corrected chi connectivity index (χ1v) is 8.13. The topological polar surface area (TPSA) is 94.4 Å². The SMILES string of the molecule is CC(C)(CCC#N)CNCC(O)CNC(=O)OCc1ccccc1. The van der Waals surface area contributed by atoms with Gasteiger partial charge in [-0.15, -0.1) is 0 Å². The molecule has 1 aromatic rings. The molecule has 0 saturated heterocycles. The third kappa shape index (κ3) is 9.13. The molecule has 0 saturated carbocycles. The number of nitrogens with one attached hydrogen (secondary N) is 2. The monoisotopic (exact) mass is 333 g/mol. The van der Waals surface area contributed by atoms with Crippen LogP contribution in [0.5, 0.6) is 0 Å². The highest BCUT2D eigenvalue weighted by atomic mass is 16.5. The van der Waals surface area contributed by atoms with Crippen LogP contribution in [0.25, 0.3) is 0 Å². The van der Waals surface area contributed by atoms with Crippen LogP contribution in [0.1, 0.15) is 32.3 Å². The van der Waals surface area contributed by atoms with Gasteiger partial charge in [-0.25, -0.2) is 4.79 Å². The van der Waals surface area contributed by atoms with Crippen LogP contribution in [-0.4, -0.2) is 36.9 Å². The third-order valence-corrected chi connectivity index (χ3v) is 3.59. The summed E-state index contributed by atoms with van der Waals surface area (Å²) < 4.78 is 5.07. The van der Waals surface area contributed by atoms with Gasteiger partial charge in [0.25, 0.3) is 0 Å². The number of carbonyl (C=O) groups is 1. The van der Waals surface area contributed by atoms with E-state index in [0.29, 0.717) is 19.5 Å². The van der Waals surface area contributed by atoms with Crippen molar-refractivity contribution in [3.63, 3.8) is 0 Å². The standard InChI is InChI=1S/C18H27N3O3/c1-18(2,9-6-10-19)14-20-11-16(22)12-21-17(23)24-13-15-7-4-3-5-8-15/h3-5,7-8,16,20,22H,6,9,11-14H2,1-2H3,(H,21,23). The van der Waals surface area contributed by atoms with Gasteiger partial charge in [-0.1, -0.05) is 44.2 Å². The number of benzene rings is 1. The Hall–Kier alpha value is -2.10. The molecule has 0 heterocycles. The Balaban J connectivity index is 2.13. The minimum absolute atomic E-state index is 0.00249. The summed E-state index contributed by atoms with van der Waals surface area (Å²) in [6.45, 7) is 5.54. The van der Waals surface area contributed by atoms with Gasteiger partial charge >= 0.3 is 6.09 Å². The van der Waals surface area contributed by atoms with Gasteiger partial charge < -0.3 is 20.5 Å². The largest absolute Gasteiger partial charge is 0.445 e. The lowest BCUT2D eigenvalue weighted by atomic mass is 9.88. The fourth-order valence-corrected chi connectivity index (χ4v) is 2.11. The van der Waals surface area contributed by atoms with Gasteiger partial charge in [0.2, 0.25) is 0 Å². The van der Waals surface area contributed by atoms with Crippen molar-refractivity contribution in [1.29, 1.82) is 5.26 Å². The quantitative estimate of drug-likeness (QED) is 0.610. The molecular weight excluding hydrogens is 306 g/mol. The number of alkyl carbamates (subject to hydrolysis) is 1. The Labute approximate surface area is 143 Å². The van der Waals surface area contributed by atoms with Crippen LogP contribution in [0, 0.1) is 16.7 Å². The van der Waals surface area contributed by atoms with E-state index in [4.69, 9.17) is 10.00 Å². The molecule has 0 radical (unpaired) electrons. The number of nitrogens with zero attached hydrogens (tertiary/aromatic N) is 1. The Bertz CT molecular complexity index is 526. The van der Waals surface area contributed by atoms with Crippen molar-refractivity contribution in [3.8, 4) is 6.07 Å². The highest BCUT2D eigenvalue weighted by Crippen LogP contribution is 2.20. The molecule has 1 rings (SSSR count). The molecule has 6 heteroatoms. The average Bonchev–Trinajstić information content (AvgIpc) is 2.57. The lowest BCUT2D eigenvalue weighted by Crippen LogP contribution is -2.40. The number of rotatable bonds is 10. The normalized spacial score (nSPS) is 12.2. The van der Waals surface area contributed by atoms with Crippen LogP contribution < -0.4 is 10.6 Å². The number of carbonyl (C=O) groups excluding carboxylic acids is 1. The molecule has 0 spiro atoms. The van der Waals surface area contributed by atoms with E-state index in [0.717, 1.165) is 12.0 Å². The predicted octanol–water partition coefficient (Wildman–Crippen LogP) is 2.19. The maximum atomic E-state index is 11.6. The van der Waals surface area contributed by atoms with Crippen LogP contribution in [-0.2, 0) is 11.3 Å². The summed E-state index contributed by atoms with van der Waals surface area (Å²) in [6.07, 6.45) is 0.0798. The Morgan fingerprint density at radius 2 is 2.04 bits per heavy atom. The van der Waals surface area contributed by atoms with Crippen molar-refractivity contribution in [2.24, 2.45) is 5.41 Å². The summed E-state index contributed by atoms with van der Waals surface area (Å²) in [5.74, 6) is 0. The van der Waals surface area contributed by atoms with Crippen molar-refractivity contribution in [3.05, 3.63) is 35.9 Å². The van der Waals surface area contributed by atoms with E-state index in [-0.39, 0.29) is 18.6 Å². The first-order valence-electron chi connectivity index (χ1n) is 8.13. The van der Waals surface area contributed by atoms with Crippen LogP contribution in [0.4, 0.5) is 4.79 Å². The number of amides is 1. The molecule has 0 fully saturated rings. The molecule has 0 aliphatic rings. The van der Waals surface area contributed by atoms with E-state index in [2.05, 4.69) is 30.6 Å². The zero-order valence-corrected chi connectivity index (χ0v) is 14.4. The summed E-state index contributed by atoms with van der Waals surface area (Å²) in [4.78, 5) is 11.6. The first-order chi connectivity index (χ1) is 11.4. The second-order valence-corrected chi connectivity index (χ2v) is 6.55. The van der Waals surface area contributed by atoms with Crippen molar-refractivity contribution >= 4 is 6.09 Å². The maximum absolute atomic E-state index is 11.6. The van der Waals surface area contributed by atoms with E-state index >= 15 is 0 Å². The van der Waals surface area contributed by atoms with Crippen LogP contribution in [0.3, 0.4) is 0 Å². The summed E-state index contributed by atoms with van der Waals surface area (Å²) in [6, 6.07) is 11.5. The van der Waals surface area contributed by atoms with Gasteiger partial charge in [0.05, 0.1) is 12.2 Å². The fourth-order valence-electron chi connectivity index (χ4n) is 2.11. The summed E-state index contributed by atoms with van der Waals surface area (Å²) in [5.41, 5.74) is 0.909. The van der Waals surface area contributed by atoms with Crippen LogP contribution in [0.2, 0.25) is 0 Å². The number of hydrogen-bond donors (Lipinski definition) is 3. The molecule has 132 valence electrons. The van der Waals surface area contributed by atoms with Crippen molar-refractivity contribution in [2.75, 3.05) is 19.6 Å². The second-order valence-electron chi connectivity index (χ2n) is 6.55. The fraction of sp³-hybridized carbons (Fsp3) is 0.556. The average molecular weight is 333 g/mol. The van der Waals surface area contributed by atoms with Gasteiger partial charge in [0.15, 0.2) is 0 Å². The maximum Gasteiger partial charge on any atom is 0.407 e. The summed E-state index contributed by atoms with van der Waals surface area (Å²) >= 11 is 0. The second kappa shape index (κ2) is 10.6. The Kier molecular flexibility index (Phi) is 8.84. The zero-order valence-electron chi connectivity index (χ0n) is 14.4. The molecule has 0 aliphatic carbocycles. The molecule has 24 heavy (non-hydrogen) atoms. The van der Waals surface area contributed by atoms with E-state index in [9.17, 15) is 9.90 Å². The summed E-state index contributed by atoms with van der Waals surface area (Å²) in [5, 5.41) is 24.2. The molecule has 0 aliphatic heterocycles. The number of aliphatic hydroxyl groups excluding tert-OH is 1. The van der Waals surface area contributed by atoms with Gasteiger partial charge in [0, 0.05) is 26.1 Å². The Morgan fingerprint density at radius 3 is 2.71 bits per heavy atom. The first kappa shape index (κ1) is 19.9. The number of ether oxygens (including phenoxy) is 1. The van der Waals surface area contributed by atoms with E-state index in [1.165, 1.54) is 0 Å². The van der Waals surface area contributed by atoms with E-state index in [1.807, 2.05) is 30.3 Å². The molecule has 3 N–H and O–H groups in total. The van der Waals surface area contributed by atoms with Crippen molar-refractivity contribution in [1.82, 2.24) is 10.6 Å². The van der Waals surface area contributed by atoms with Gasteiger partial charge in [-0.05, 0) is 17.4 Å². The highest BCUT2D eigenvalue weighted by Gasteiger charge is 2.17.